The van der Waals surface area contributed by atoms with Crippen molar-refractivity contribution in [2.45, 2.75) is 25.5 Å². The number of hydrogen-bond donors (Lipinski definition) is 1. The number of nitrogens with zero attached hydrogens (tertiary/aromatic N) is 4. The van der Waals surface area contributed by atoms with Gasteiger partial charge in [-0.15, -0.1) is 5.10 Å². The van der Waals surface area contributed by atoms with Crippen LogP contribution in [0.25, 0.3) is 22.8 Å². The minimum Gasteiger partial charge on any atom is -0.454 e. The van der Waals surface area contributed by atoms with E-state index in [0.29, 0.717) is 12.0 Å². The lowest BCUT2D eigenvalue weighted by Gasteiger charge is -2.44. The van der Waals surface area contributed by atoms with Crippen molar-refractivity contribution < 1.29 is 9.52 Å². The normalized spacial score (nSPS) is 24.9. The lowest BCUT2D eigenvalue weighted by Crippen LogP contribution is -2.48. The Morgan fingerprint density at radius 2 is 1.81 bits per heavy atom. The molecule has 3 aliphatic heterocycles. The number of aromatic nitrogens is 3. The van der Waals surface area contributed by atoms with E-state index in [4.69, 9.17) is 9.52 Å². The number of piperidine rings is 3. The number of furan rings is 1. The standard InChI is InChI=1S/C20H22N4O2/c25-13-14-1-3-16(4-2-14)19-5-6-20(26-19)17-11-24(22-21-17)18-12-23-9-7-15(18)8-10-23/h1-6,11,15,18,25H,7-10,12-13H2/t18-/m0/s1. The highest BCUT2D eigenvalue weighted by molar-refractivity contribution is 5.62. The first-order chi connectivity index (χ1) is 12.8. The van der Waals surface area contributed by atoms with E-state index >= 15 is 0 Å². The number of aliphatic hydroxyl groups is 1. The van der Waals surface area contributed by atoms with Crippen molar-refractivity contribution in [1.82, 2.24) is 19.9 Å². The Morgan fingerprint density at radius 1 is 1.04 bits per heavy atom. The molecule has 6 nitrogen and oxygen atoms in total. The number of hydrogen-bond acceptors (Lipinski definition) is 5. The van der Waals surface area contributed by atoms with Crippen LogP contribution in [0.3, 0.4) is 0 Å². The van der Waals surface area contributed by atoms with Crippen LogP contribution in [0.5, 0.6) is 0 Å². The molecular formula is C20H22N4O2. The second-order valence-corrected chi connectivity index (χ2v) is 7.31. The molecule has 134 valence electrons. The van der Waals surface area contributed by atoms with E-state index in [9.17, 15) is 0 Å². The fraction of sp³-hybridized carbons (Fsp3) is 0.400. The molecular weight excluding hydrogens is 328 g/mol. The van der Waals surface area contributed by atoms with Gasteiger partial charge in [-0.25, -0.2) is 4.68 Å². The Kier molecular flexibility index (Phi) is 3.87. The summed E-state index contributed by atoms with van der Waals surface area (Å²) in [6.07, 6.45) is 4.53. The highest BCUT2D eigenvalue weighted by Gasteiger charge is 2.35. The molecule has 6 heteroatoms. The third kappa shape index (κ3) is 2.75. The maximum absolute atomic E-state index is 9.16. The molecule has 5 heterocycles. The third-order valence-corrected chi connectivity index (χ3v) is 5.75. The molecule has 0 unspecified atom stereocenters. The summed E-state index contributed by atoms with van der Waals surface area (Å²) in [5.41, 5.74) is 2.65. The number of aliphatic hydroxyl groups excluding tert-OH is 1. The summed E-state index contributed by atoms with van der Waals surface area (Å²) in [6.45, 7) is 3.57. The molecule has 0 saturated carbocycles. The highest BCUT2D eigenvalue weighted by atomic mass is 16.3. The van der Waals surface area contributed by atoms with E-state index < -0.39 is 0 Å². The molecule has 3 fully saturated rings. The largest absolute Gasteiger partial charge is 0.454 e. The van der Waals surface area contributed by atoms with Gasteiger partial charge in [-0.2, -0.15) is 0 Å². The van der Waals surface area contributed by atoms with Gasteiger partial charge in [0.2, 0.25) is 0 Å². The molecule has 3 aromatic rings. The van der Waals surface area contributed by atoms with E-state index in [2.05, 4.69) is 15.2 Å². The first kappa shape index (κ1) is 15.8. The molecule has 0 amide bonds. The van der Waals surface area contributed by atoms with Crippen LogP contribution in [0.15, 0.2) is 47.0 Å². The lowest BCUT2D eigenvalue weighted by atomic mass is 9.84. The first-order valence-corrected chi connectivity index (χ1v) is 9.25. The lowest BCUT2D eigenvalue weighted by molar-refractivity contribution is 0.0504. The van der Waals surface area contributed by atoms with Gasteiger partial charge in [-0.3, -0.25) is 0 Å². The maximum atomic E-state index is 9.16. The van der Waals surface area contributed by atoms with E-state index in [1.165, 1.54) is 25.9 Å². The molecule has 26 heavy (non-hydrogen) atoms. The van der Waals surface area contributed by atoms with Gasteiger partial charge in [0, 0.05) is 12.1 Å². The Labute approximate surface area is 152 Å². The SMILES string of the molecule is OCc1ccc(-c2ccc(-c3cn([C@H]4CN5CCC4CC5)nn3)o2)cc1. The van der Waals surface area contributed by atoms with Crippen LogP contribution in [0.1, 0.15) is 24.4 Å². The second kappa shape index (κ2) is 6.37. The summed E-state index contributed by atoms with van der Waals surface area (Å²) in [5.74, 6) is 2.24. The maximum Gasteiger partial charge on any atom is 0.156 e. The molecule has 6 rings (SSSR count). The zero-order valence-corrected chi connectivity index (χ0v) is 14.6. The molecule has 2 bridgehead atoms. The Bertz CT molecular complexity index is 891. The number of fused-ring (bicyclic) bond motifs is 3. The van der Waals surface area contributed by atoms with E-state index in [0.717, 1.165) is 34.9 Å². The summed E-state index contributed by atoms with van der Waals surface area (Å²) < 4.78 is 8.03. The van der Waals surface area contributed by atoms with Crippen molar-refractivity contribution in [1.29, 1.82) is 0 Å². The van der Waals surface area contributed by atoms with Gasteiger partial charge in [0.25, 0.3) is 0 Å². The monoisotopic (exact) mass is 350 g/mol. The van der Waals surface area contributed by atoms with Gasteiger partial charge in [-0.1, -0.05) is 29.5 Å². The average Bonchev–Trinajstić information content (AvgIpc) is 3.38. The first-order valence-electron chi connectivity index (χ1n) is 9.25. The van der Waals surface area contributed by atoms with Crippen molar-refractivity contribution in [3.05, 3.63) is 48.2 Å². The number of benzene rings is 1. The van der Waals surface area contributed by atoms with Gasteiger partial charge in [0.05, 0.1) is 18.8 Å². The van der Waals surface area contributed by atoms with Crippen LogP contribution in [0, 0.1) is 5.92 Å². The van der Waals surface area contributed by atoms with Crippen LogP contribution >= 0.6 is 0 Å². The average molecular weight is 350 g/mol. The summed E-state index contributed by atoms with van der Waals surface area (Å²) in [4.78, 5) is 2.52. The van der Waals surface area contributed by atoms with Crippen LogP contribution < -0.4 is 0 Å². The van der Waals surface area contributed by atoms with Crippen molar-refractivity contribution in [3.8, 4) is 22.8 Å². The summed E-state index contributed by atoms with van der Waals surface area (Å²) in [7, 11) is 0. The predicted molar refractivity (Wildman–Crippen MR) is 97.3 cm³/mol. The number of rotatable bonds is 4. The van der Waals surface area contributed by atoms with E-state index in [1.807, 2.05) is 47.3 Å². The molecule has 0 spiro atoms. The minimum absolute atomic E-state index is 0.0480. The fourth-order valence-electron chi connectivity index (χ4n) is 4.19. The molecule has 1 N–H and O–H groups in total. The van der Waals surface area contributed by atoms with E-state index in [1.54, 1.807) is 0 Å². The molecule has 1 aromatic carbocycles. The van der Waals surface area contributed by atoms with Gasteiger partial charge >= 0.3 is 0 Å². The summed E-state index contributed by atoms with van der Waals surface area (Å²) in [5, 5.41) is 17.9. The predicted octanol–water partition coefficient (Wildman–Crippen LogP) is 2.96. The molecule has 3 aliphatic rings. The van der Waals surface area contributed by atoms with Gasteiger partial charge in [0.15, 0.2) is 5.76 Å². The summed E-state index contributed by atoms with van der Waals surface area (Å²) in [6, 6.07) is 12.1. The smallest absolute Gasteiger partial charge is 0.156 e. The molecule has 2 aromatic heterocycles. The van der Waals surface area contributed by atoms with Crippen LogP contribution in [0.2, 0.25) is 0 Å². The van der Waals surface area contributed by atoms with Gasteiger partial charge in [0.1, 0.15) is 11.5 Å². The fourth-order valence-corrected chi connectivity index (χ4v) is 4.19. The van der Waals surface area contributed by atoms with Crippen molar-refractivity contribution in [2.24, 2.45) is 5.92 Å². The molecule has 0 aliphatic carbocycles. The molecule has 3 saturated heterocycles. The third-order valence-electron chi connectivity index (χ3n) is 5.75. The summed E-state index contributed by atoms with van der Waals surface area (Å²) >= 11 is 0. The van der Waals surface area contributed by atoms with Crippen LogP contribution in [0.4, 0.5) is 0 Å². The Balaban J connectivity index is 1.37. The Morgan fingerprint density at radius 3 is 2.50 bits per heavy atom. The zero-order chi connectivity index (χ0) is 17.5. The van der Waals surface area contributed by atoms with Crippen LogP contribution in [-0.4, -0.2) is 44.6 Å². The van der Waals surface area contributed by atoms with Crippen molar-refractivity contribution in [3.63, 3.8) is 0 Å². The zero-order valence-electron chi connectivity index (χ0n) is 14.6. The molecule has 1 atom stereocenters. The quantitative estimate of drug-likeness (QED) is 0.783. The highest BCUT2D eigenvalue weighted by Crippen LogP contribution is 2.36. The van der Waals surface area contributed by atoms with Crippen molar-refractivity contribution >= 4 is 0 Å². The van der Waals surface area contributed by atoms with Crippen LogP contribution in [-0.2, 0) is 6.61 Å². The Hall–Kier alpha value is -2.44. The van der Waals surface area contributed by atoms with Crippen molar-refractivity contribution in [2.75, 3.05) is 19.6 Å². The minimum atomic E-state index is 0.0480. The van der Waals surface area contributed by atoms with Gasteiger partial charge in [-0.05, 0) is 49.5 Å². The second-order valence-electron chi connectivity index (χ2n) is 7.31. The van der Waals surface area contributed by atoms with Gasteiger partial charge < -0.3 is 14.4 Å². The van der Waals surface area contributed by atoms with E-state index in [-0.39, 0.29) is 6.61 Å². The molecule has 0 radical (unpaired) electrons. The topological polar surface area (TPSA) is 67.3 Å².